The third kappa shape index (κ3) is 3.66. The van der Waals surface area contributed by atoms with E-state index in [1.807, 2.05) is 61.5 Å². The number of rotatable bonds is 7. The Hall–Kier alpha value is -3.87. The number of hydrogen-bond donors (Lipinski definition) is 1. The molecule has 1 N–H and O–H groups in total. The summed E-state index contributed by atoms with van der Waals surface area (Å²) in [5, 5.41) is 3.49. The average molecular weight is 434 g/mol. The molecular formula is C25H26N2O5. The van der Waals surface area contributed by atoms with E-state index in [0.717, 1.165) is 22.7 Å². The molecule has 32 heavy (non-hydrogen) atoms. The van der Waals surface area contributed by atoms with Crippen LogP contribution in [0.1, 0.15) is 29.0 Å². The number of anilines is 2. The molecule has 0 radical (unpaired) electrons. The first-order valence-electron chi connectivity index (χ1n) is 10.3. The highest BCUT2D eigenvalue weighted by Gasteiger charge is 2.36. The van der Waals surface area contributed by atoms with Crippen molar-refractivity contribution < 1.29 is 23.7 Å². The lowest BCUT2D eigenvalue weighted by atomic mass is 10.0. The zero-order chi connectivity index (χ0) is 22.7. The summed E-state index contributed by atoms with van der Waals surface area (Å²) in [5.74, 6) is 2.13. The molecule has 1 heterocycles. The Bertz CT molecular complexity index is 1110. The molecule has 0 saturated carbocycles. The number of para-hydroxylation sites is 1. The first kappa shape index (κ1) is 21.4. The fourth-order valence-electron chi connectivity index (χ4n) is 3.95. The van der Waals surface area contributed by atoms with Gasteiger partial charge in [0.2, 0.25) is 5.75 Å². The highest BCUT2D eigenvalue weighted by molar-refractivity contribution is 6.12. The lowest BCUT2D eigenvalue weighted by Gasteiger charge is -2.38. The molecule has 3 aromatic rings. The van der Waals surface area contributed by atoms with Gasteiger partial charge in [-0.25, -0.2) is 0 Å². The molecule has 7 nitrogen and oxygen atoms in total. The molecule has 7 heteroatoms. The molecular weight excluding hydrogens is 408 g/mol. The van der Waals surface area contributed by atoms with E-state index in [9.17, 15) is 4.79 Å². The predicted molar refractivity (Wildman–Crippen MR) is 123 cm³/mol. The van der Waals surface area contributed by atoms with Crippen LogP contribution in [0.2, 0.25) is 0 Å². The average Bonchev–Trinajstić information content (AvgIpc) is 2.83. The van der Waals surface area contributed by atoms with Crippen molar-refractivity contribution in [1.29, 1.82) is 0 Å². The fourth-order valence-corrected chi connectivity index (χ4v) is 3.95. The van der Waals surface area contributed by atoms with E-state index in [0.29, 0.717) is 29.4 Å². The zero-order valence-corrected chi connectivity index (χ0v) is 18.5. The topological polar surface area (TPSA) is 69.3 Å². The second-order valence-corrected chi connectivity index (χ2v) is 7.12. The first-order chi connectivity index (χ1) is 15.6. The lowest BCUT2D eigenvalue weighted by Crippen LogP contribution is -2.43. The van der Waals surface area contributed by atoms with Crippen LogP contribution in [0.3, 0.4) is 0 Å². The molecule has 0 saturated heterocycles. The molecule has 0 aromatic heterocycles. The summed E-state index contributed by atoms with van der Waals surface area (Å²) >= 11 is 0. The molecule has 1 aliphatic rings. The zero-order valence-electron chi connectivity index (χ0n) is 18.5. The number of amides is 1. The highest BCUT2D eigenvalue weighted by atomic mass is 16.5. The van der Waals surface area contributed by atoms with Gasteiger partial charge in [-0.1, -0.05) is 12.1 Å². The molecule has 3 aromatic carbocycles. The molecule has 0 spiro atoms. The van der Waals surface area contributed by atoms with Crippen LogP contribution in [0.5, 0.6) is 23.0 Å². The Morgan fingerprint density at radius 1 is 0.875 bits per heavy atom. The molecule has 1 amide bonds. The second-order valence-electron chi connectivity index (χ2n) is 7.12. The Balaban J connectivity index is 1.87. The molecule has 0 fully saturated rings. The van der Waals surface area contributed by atoms with Crippen LogP contribution in [0, 0.1) is 0 Å². The largest absolute Gasteiger partial charge is 0.494 e. The minimum atomic E-state index is -0.537. The van der Waals surface area contributed by atoms with Crippen LogP contribution < -0.4 is 29.2 Å². The summed E-state index contributed by atoms with van der Waals surface area (Å²) in [6.07, 6.45) is -0.537. The van der Waals surface area contributed by atoms with Gasteiger partial charge in [0.25, 0.3) is 5.91 Å². The number of ether oxygens (including phenoxy) is 4. The van der Waals surface area contributed by atoms with Crippen LogP contribution in [-0.2, 0) is 0 Å². The Morgan fingerprint density at radius 3 is 2.25 bits per heavy atom. The van der Waals surface area contributed by atoms with Crippen LogP contribution in [0.25, 0.3) is 0 Å². The summed E-state index contributed by atoms with van der Waals surface area (Å²) < 4.78 is 22.3. The van der Waals surface area contributed by atoms with E-state index >= 15 is 0 Å². The summed E-state index contributed by atoms with van der Waals surface area (Å²) in [7, 11) is 4.70. The van der Waals surface area contributed by atoms with E-state index in [4.69, 9.17) is 18.9 Å². The van der Waals surface area contributed by atoms with Gasteiger partial charge in [0, 0.05) is 16.9 Å². The number of carbonyl (C=O) groups excluding carboxylic acids is 1. The normalized spacial score (nSPS) is 14.9. The van der Waals surface area contributed by atoms with Gasteiger partial charge >= 0.3 is 0 Å². The minimum Gasteiger partial charge on any atom is -0.494 e. The van der Waals surface area contributed by atoms with Crippen molar-refractivity contribution in [3.05, 3.63) is 71.8 Å². The molecule has 0 bridgehead atoms. The smallest absolute Gasteiger partial charge is 0.262 e. The van der Waals surface area contributed by atoms with Gasteiger partial charge in [0.1, 0.15) is 11.9 Å². The van der Waals surface area contributed by atoms with Crippen molar-refractivity contribution in [2.75, 3.05) is 38.2 Å². The summed E-state index contributed by atoms with van der Waals surface area (Å²) in [4.78, 5) is 15.4. The van der Waals surface area contributed by atoms with Crippen LogP contribution >= 0.6 is 0 Å². The van der Waals surface area contributed by atoms with Crippen LogP contribution in [0.15, 0.2) is 60.7 Å². The maximum atomic E-state index is 13.6. The number of carbonyl (C=O) groups is 1. The molecule has 1 atom stereocenters. The van der Waals surface area contributed by atoms with E-state index in [1.165, 1.54) is 0 Å². The second kappa shape index (κ2) is 9.09. The summed E-state index contributed by atoms with van der Waals surface area (Å²) in [6, 6.07) is 18.6. The van der Waals surface area contributed by atoms with Gasteiger partial charge in [-0.3, -0.25) is 9.69 Å². The monoisotopic (exact) mass is 434 g/mol. The quantitative estimate of drug-likeness (QED) is 0.572. The Labute approximate surface area is 187 Å². The standard InChI is InChI=1S/C25H26N2O5/c1-5-32-17-12-10-16(11-13-17)27-24(26-20-9-7-6-8-18(20)25(27)28)19-14-15-21(29-2)23(31-4)22(19)30-3/h6-15,24,26H,5H2,1-4H3/t24-/m0/s1. The van der Waals surface area contributed by atoms with Gasteiger partial charge in [-0.05, 0) is 55.5 Å². The number of nitrogens with one attached hydrogen (secondary N) is 1. The third-order valence-electron chi connectivity index (χ3n) is 5.38. The maximum absolute atomic E-state index is 13.6. The fraction of sp³-hybridized carbons (Fsp3) is 0.240. The number of benzene rings is 3. The van der Waals surface area contributed by atoms with Crippen LogP contribution in [0.4, 0.5) is 11.4 Å². The first-order valence-corrected chi connectivity index (χ1v) is 10.3. The molecule has 0 aliphatic carbocycles. The predicted octanol–water partition coefficient (Wildman–Crippen LogP) is 4.88. The van der Waals surface area contributed by atoms with Crippen molar-refractivity contribution in [3.63, 3.8) is 0 Å². The highest BCUT2D eigenvalue weighted by Crippen LogP contribution is 2.46. The van der Waals surface area contributed by atoms with Crippen molar-refractivity contribution >= 4 is 17.3 Å². The number of nitrogens with zero attached hydrogens (tertiary/aromatic N) is 1. The van der Waals surface area contributed by atoms with Crippen molar-refractivity contribution in [1.82, 2.24) is 0 Å². The Kier molecular flexibility index (Phi) is 6.07. The molecule has 4 rings (SSSR count). The van der Waals surface area contributed by atoms with Crippen LogP contribution in [-0.4, -0.2) is 33.8 Å². The van der Waals surface area contributed by atoms with Gasteiger partial charge in [-0.2, -0.15) is 0 Å². The molecule has 166 valence electrons. The van der Waals surface area contributed by atoms with E-state index in [2.05, 4.69) is 5.32 Å². The lowest BCUT2D eigenvalue weighted by molar-refractivity contribution is 0.0974. The van der Waals surface area contributed by atoms with Crippen molar-refractivity contribution in [2.24, 2.45) is 0 Å². The molecule has 0 unspecified atom stereocenters. The number of fused-ring (bicyclic) bond motifs is 1. The van der Waals surface area contributed by atoms with Gasteiger partial charge in [0.15, 0.2) is 11.5 Å². The van der Waals surface area contributed by atoms with Gasteiger partial charge in [0.05, 0.1) is 33.5 Å². The SMILES string of the molecule is CCOc1ccc(N2C(=O)c3ccccc3N[C@@H]2c2ccc(OC)c(OC)c2OC)cc1. The van der Waals surface area contributed by atoms with E-state index in [1.54, 1.807) is 32.3 Å². The minimum absolute atomic E-state index is 0.120. The summed E-state index contributed by atoms with van der Waals surface area (Å²) in [5.41, 5.74) is 2.81. The maximum Gasteiger partial charge on any atom is 0.262 e. The molecule has 1 aliphatic heterocycles. The Morgan fingerprint density at radius 2 is 1.59 bits per heavy atom. The van der Waals surface area contributed by atoms with Gasteiger partial charge in [-0.15, -0.1) is 0 Å². The third-order valence-corrected chi connectivity index (χ3v) is 5.38. The van der Waals surface area contributed by atoms with E-state index < -0.39 is 6.17 Å². The van der Waals surface area contributed by atoms with Crippen molar-refractivity contribution in [2.45, 2.75) is 13.1 Å². The van der Waals surface area contributed by atoms with Crippen molar-refractivity contribution in [3.8, 4) is 23.0 Å². The van der Waals surface area contributed by atoms with Gasteiger partial charge < -0.3 is 24.3 Å². The van der Waals surface area contributed by atoms with E-state index in [-0.39, 0.29) is 5.91 Å². The summed E-state index contributed by atoms with van der Waals surface area (Å²) in [6.45, 7) is 2.50. The number of methoxy groups -OCH3 is 3. The number of hydrogen-bond acceptors (Lipinski definition) is 6.